The molecule has 0 spiro atoms. The molecular weight excluding hydrogens is 320 g/mol. The smallest absolute Gasteiger partial charge is 0.358 e. The van der Waals surface area contributed by atoms with Crippen LogP contribution in [0.1, 0.15) is 31.3 Å². The molecule has 1 fully saturated rings. The number of piperazine rings is 1. The third kappa shape index (κ3) is 3.99. The van der Waals surface area contributed by atoms with Gasteiger partial charge in [0.2, 0.25) is 5.95 Å². The molecule has 0 saturated carbocycles. The number of anilines is 1. The van der Waals surface area contributed by atoms with E-state index in [1.807, 2.05) is 32.9 Å². The number of carbonyl (C=O) groups excluding carboxylic acids is 1. The van der Waals surface area contributed by atoms with E-state index in [2.05, 4.69) is 20.2 Å². The number of hydrogen-bond donors (Lipinski definition) is 1. The lowest BCUT2D eigenvalue weighted by Gasteiger charge is -2.28. The van der Waals surface area contributed by atoms with Crippen molar-refractivity contribution in [2.45, 2.75) is 26.4 Å². The number of carbonyl (C=O) groups is 1. The molecule has 0 atom stereocenters. The van der Waals surface area contributed by atoms with Crippen molar-refractivity contribution >= 4 is 22.8 Å². The Bertz CT molecular complexity index is 780. The Kier molecular flexibility index (Phi) is 4.76. The Morgan fingerprint density at radius 1 is 1.20 bits per heavy atom. The van der Waals surface area contributed by atoms with E-state index >= 15 is 0 Å². The first-order valence-corrected chi connectivity index (χ1v) is 8.42. The first kappa shape index (κ1) is 17.4. The van der Waals surface area contributed by atoms with Crippen molar-refractivity contribution in [3.63, 3.8) is 0 Å². The van der Waals surface area contributed by atoms with Gasteiger partial charge in [0.1, 0.15) is 11.4 Å². The summed E-state index contributed by atoms with van der Waals surface area (Å²) in [7, 11) is 1.59. The number of aromatic nitrogens is 2. The maximum atomic E-state index is 12.7. The molecule has 134 valence electrons. The number of nitrogens with zero attached hydrogens (tertiary/aromatic N) is 3. The van der Waals surface area contributed by atoms with Gasteiger partial charge >= 0.3 is 5.97 Å². The first-order chi connectivity index (χ1) is 11.9. The zero-order valence-electron chi connectivity index (χ0n) is 15.1. The van der Waals surface area contributed by atoms with E-state index in [1.165, 1.54) is 0 Å². The predicted molar refractivity (Wildman–Crippen MR) is 96.3 cm³/mol. The summed E-state index contributed by atoms with van der Waals surface area (Å²) in [5, 5.41) is 3.93. The highest BCUT2D eigenvalue weighted by molar-refractivity contribution is 6.02. The van der Waals surface area contributed by atoms with Gasteiger partial charge in [-0.05, 0) is 39.0 Å². The van der Waals surface area contributed by atoms with Gasteiger partial charge in [-0.3, -0.25) is 0 Å². The molecule has 1 aliphatic heterocycles. The number of nitrogens with one attached hydrogen (secondary N) is 1. The SMILES string of the molecule is COc1ccc2nc(N3CCNCC3)nc(C(=O)OC(C)(C)C)c2c1. The van der Waals surface area contributed by atoms with Crippen molar-refractivity contribution in [3.05, 3.63) is 23.9 Å². The lowest BCUT2D eigenvalue weighted by molar-refractivity contribution is 0.00653. The van der Waals surface area contributed by atoms with E-state index in [0.29, 0.717) is 22.6 Å². The van der Waals surface area contributed by atoms with Gasteiger partial charge in [-0.15, -0.1) is 0 Å². The van der Waals surface area contributed by atoms with Crippen LogP contribution in [0.4, 0.5) is 5.95 Å². The van der Waals surface area contributed by atoms with Crippen molar-refractivity contribution in [3.8, 4) is 5.75 Å². The van der Waals surface area contributed by atoms with Crippen LogP contribution < -0.4 is 15.0 Å². The molecule has 2 aromatic rings. The maximum Gasteiger partial charge on any atom is 0.358 e. The molecule has 1 aromatic heterocycles. The maximum absolute atomic E-state index is 12.7. The Balaban J connectivity index is 2.10. The van der Waals surface area contributed by atoms with Crippen LogP contribution in [-0.2, 0) is 4.74 Å². The largest absolute Gasteiger partial charge is 0.497 e. The fourth-order valence-corrected chi connectivity index (χ4v) is 2.71. The van der Waals surface area contributed by atoms with E-state index in [-0.39, 0.29) is 5.69 Å². The van der Waals surface area contributed by atoms with Crippen LogP contribution >= 0.6 is 0 Å². The summed E-state index contributed by atoms with van der Waals surface area (Å²) >= 11 is 0. The predicted octanol–water partition coefficient (Wildman–Crippen LogP) is 2.00. The van der Waals surface area contributed by atoms with Gasteiger partial charge in [0, 0.05) is 31.6 Å². The second-order valence-corrected chi connectivity index (χ2v) is 6.99. The molecule has 3 rings (SSSR count). The van der Waals surface area contributed by atoms with Crippen molar-refractivity contribution in [2.24, 2.45) is 0 Å². The molecule has 0 unspecified atom stereocenters. The van der Waals surface area contributed by atoms with Crippen LogP contribution in [-0.4, -0.2) is 54.8 Å². The Morgan fingerprint density at radius 3 is 2.56 bits per heavy atom. The minimum Gasteiger partial charge on any atom is -0.497 e. The van der Waals surface area contributed by atoms with E-state index < -0.39 is 11.6 Å². The molecule has 25 heavy (non-hydrogen) atoms. The normalized spacial score (nSPS) is 15.3. The lowest BCUT2D eigenvalue weighted by Crippen LogP contribution is -2.44. The molecular formula is C18H24N4O3. The number of fused-ring (bicyclic) bond motifs is 1. The third-order valence-corrected chi connectivity index (χ3v) is 3.88. The highest BCUT2D eigenvalue weighted by Gasteiger charge is 2.24. The lowest BCUT2D eigenvalue weighted by atomic mass is 10.1. The average molecular weight is 344 g/mol. The third-order valence-electron chi connectivity index (χ3n) is 3.88. The number of ether oxygens (including phenoxy) is 2. The minimum absolute atomic E-state index is 0.271. The standard InChI is InChI=1S/C18H24N4O3/c1-18(2,3)25-16(23)15-13-11-12(24-4)5-6-14(13)20-17(21-15)22-9-7-19-8-10-22/h5-6,11,19H,7-10H2,1-4H3. The Hall–Kier alpha value is -2.41. The van der Waals surface area contributed by atoms with Gasteiger partial charge in [-0.25, -0.2) is 14.8 Å². The van der Waals surface area contributed by atoms with Crippen LogP contribution in [0.3, 0.4) is 0 Å². The fourth-order valence-electron chi connectivity index (χ4n) is 2.71. The summed E-state index contributed by atoms with van der Waals surface area (Å²) in [5.74, 6) is 0.750. The van der Waals surface area contributed by atoms with Crippen molar-refractivity contribution in [1.82, 2.24) is 15.3 Å². The number of methoxy groups -OCH3 is 1. The van der Waals surface area contributed by atoms with Gasteiger partial charge in [-0.2, -0.15) is 0 Å². The van der Waals surface area contributed by atoms with Crippen LogP contribution in [0.2, 0.25) is 0 Å². The summed E-state index contributed by atoms with van der Waals surface area (Å²) < 4.78 is 10.8. The number of hydrogen-bond acceptors (Lipinski definition) is 7. The van der Waals surface area contributed by atoms with Gasteiger partial charge in [-0.1, -0.05) is 0 Å². The first-order valence-electron chi connectivity index (χ1n) is 8.42. The monoisotopic (exact) mass is 344 g/mol. The molecule has 1 N–H and O–H groups in total. The van der Waals surface area contributed by atoms with E-state index in [9.17, 15) is 4.79 Å². The van der Waals surface area contributed by atoms with Crippen molar-refractivity contribution in [2.75, 3.05) is 38.2 Å². The topological polar surface area (TPSA) is 76.6 Å². The average Bonchev–Trinajstić information content (AvgIpc) is 2.59. The molecule has 2 heterocycles. The second kappa shape index (κ2) is 6.84. The van der Waals surface area contributed by atoms with Crippen molar-refractivity contribution < 1.29 is 14.3 Å². The quantitative estimate of drug-likeness (QED) is 0.854. The summed E-state index contributed by atoms with van der Waals surface area (Å²) in [6, 6.07) is 5.45. The van der Waals surface area contributed by atoms with Crippen molar-refractivity contribution in [1.29, 1.82) is 0 Å². The molecule has 7 heteroatoms. The van der Waals surface area contributed by atoms with Gasteiger partial charge < -0.3 is 19.7 Å². The molecule has 1 aromatic carbocycles. The molecule has 0 bridgehead atoms. The van der Waals surface area contributed by atoms with E-state index in [4.69, 9.17) is 9.47 Å². The summed E-state index contributed by atoms with van der Waals surface area (Å²) in [6.07, 6.45) is 0. The van der Waals surface area contributed by atoms with Crippen LogP contribution in [0.25, 0.3) is 10.9 Å². The van der Waals surface area contributed by atoms with Gasteiger partial charge in [0.05, 0.1) is 12.6 Å². The number of esters is 1. The van der Waals surface area contributed by atoms with Crippen LogP contribution in [0, 0.1) is 0 Å². The molecule has 0 amide bonds. The molecule has 0 radical (unpaired) electrons. The summed E-state index contributed by atoms with van der Waals surface area (Å²) in [6.45, 7) is 8.85. The zero-order valence-corrected chi connectivity index (χ0v) is 15.1. The van der Waals surface area contributed by atoms with Crippen LogP contribution in [0.5, 0.6) is 5.75 Å². The highest BCUT2D eigenvalue weighted by Crippen LogP contribution is 2.26. The van der Waals surface area contributed by atoms with Gasteiger partial charge in [0.25, 0.3) is 0 Å². The van der Waals surface area contributed by atoms with Gasteiger partial charge in [0.15, 0.2) is 5.69 Å². The fraction of sp³-hybridized carbons (Fsp3) is 0.500. The number of benzene rings is 1. The van der Waals surface area contributed by atoms with E-state index in [1.54, 1.807) is 13.2 Å². The van der Waals surface area contributed by atoms with Crippen LogP contribution in [0.15, 0.2) is 18.2 Å². The second-order valence-electron chi connectivity index (χ2n) is 6.99. The molecule has 1 saturated heterocycles. The summed E-state index contributed by atoms with van der Waals surface area (Å²) in [4.78, 5) is 24.0. The number of rotatable bonds is 3. The van der Waals surface area contributed by atoms with E-state index in [0.717, 1.165) is 26.2 Å². The Morgan fingerprint density at radius 2 is 1.92 bits per heavy atom. The molecule has 7 nitrogen and oxygen atoms in total. The Labute approximate surface area is 147 Å². The minimum atomic E-state index is -0.595. The zero-order chi connectivity index (χ0) is 18.0. The highest BCUT2D eigenvalue weighted by atomic mass is 16.6. The summed E-state index contributed by atoms with van der Waals surface area (Å²) in [5.41, 5.74) is 0.375. The molecule has 0 aliphatic carbocycles. The molecule has 1 aliphatic rings.